The molecular weight excluding hydrogens is 328 g/mol. The minimum Gasteiger partial charge on any atom is -0.424 e. The van der Waals surface area contributed by atoms with E-state index in [2.05, 4.69) is 31.3 Å². The first-order chi connectivity index (χ1) is 12.6. The molecule has 7 nitrogen and oxygen atoms in total. The van der Waals surface area contributed by atoms with Crippen LogP contribution in [-0.4, -0.2) is 29.9 Å². The van der Waals surface area contributed by atoms with Crippen molar-refractivity contribution >= 4 is 0 Å². The van der Waals surface area contributed by atoms with E-state index in [4.69, 9.17) is 4.42 Å². The van der Waals surface area contributed by atoms with Gasteiger partial charge in [0.1, 0.15) is 6.54 Å². The largest absolute Gasteiger partial charge is 0.424 e. The van der Waals surface area contributed by atoms with Crippen LogP contribution < -0.4 is 0 Å². The topological polar surface area (TPSA) is 82.5 Å². The highest BCUT2D eigenvalue weighted by molar-refractivity contribution is 5.70. The first-order valence-electron chi connectivity index (χ1n) is 8.32. The fourth-order valence-electron chi connectivity index (χ4n) is 2.78. The fraction of sp³-hybridized carbons (Fsp3) is 0.211. The van der Waals surface area contributed by atoms with Crippen LogP contribution in [0.15, 0.2) is 47.1 Å². The summed E-state index contributed by atoms with van der Waals surface area (Å²) in [4.78, 5) is 9.03. The predicted octanol–water partition coefficient (Wildman–Crippen LogP) is 3.36. The summed E-state index contributed by atoms with van der Waals surface area (Å²) in [6.07, 6.45) is 3.68. The molecule has 0 spiro atoms. The first kappa shape index (κ1) is 16.1. The minimum absolute atomic E-state index is 0.447. The molecule has 3 heterocycles. The lowest BCUT2D eigenvalue weighted by atomic mass is 10.0. The first-order valence-corrected chi connectivity index (χ1v) is 8.32. The summed E-state index contributed by atoms with van der Waals surface area (Å²) in [5.74, 6) is 1.09. The summed E-state index contributed by atoms with van der Waals surface area (Å²) in [5, 5.41) is 12.5. The number of rotatable bonds is 4. The van der Waals surface area contributed by atoms with Crippen molar-refractivity contribution in [2.75, 3.05) is 0 Å². The van der Waals surface area contributed by atoms with Gasteiger partial charge in [-0.25, -0.2) is 4.98 Å². The van der Waals surface area contributed by atoms with Crippen molar-refractivity contribution in [3.63, 3.8) is 0 Å². The number of nitrogens with zero attached hydrogens (tertiary/aromatic N) is 6. The molecule has 0 radical (unpaired) electrons. The predicted molar refractivity (Wildman–Crippen MR) is 96.3 cm³/mol. The summed E-state index contributed by atoms with van der Waals surface area (Å²) in [5.41, 5.74) is 5.62. The number of aryl methyl sites for hydroxylation is 3. The van der Waals surface area contributed by atoms with E-state index in [0.717, 1.165) is 33.9 Å². The van der Waals surface area contributed by atoms with Gasteiger partial charge in [0.05, 0.1) is 22.8 Å². The molecule has 0 bridgehead atoms. The molecule has 0 saturated carbocycles. The lowest BCUT2D eigenvalue weighted by molar-refractivity contribution is 0.444. The smallest absolute Gasteiger partial charge is 0.237 e. The molecule has 0 aliphatic rings. The highest BCUT2D eigenvalue weighted by Gasteiger charge is 2.10. The molecule has 0 atom stereocenters. The summed E-state index contributed by atoms with van der Waals surface area (Å²) in [6, 6.07) is 10.1. The second-order valence-electron chi connectivity index (χ2n) is 6.14. The Labute approximate surface area is 150 Å². The van der Waals surface area contributed by atoms with Gasteiger partial charge in [-0.05, 0) is 26.0 Å². The van der Waals surface area contributed by atoms with E-state index in [9.17, 15) is 0 Å². The summed E-state index contributed by atoms with van der Waals surface area (Å²) in [7, 11) is 0. The summed E-state index contributed by atoms with van der Waals surface area (Å²) >= 11 is 0. The molecule has 0 aliphatic carbocycles. The van der Waals surface area contributed by atoms with Crippen molar-refractivity contribution < 1.29 is 4.42 Å². The van der Waals surface area contributed by atoms with Gasteiger partial charge in [-0.3, -0.25) is 9.67 Å². The Morgan fingerprint density at radius 3 is 2.69 bits per heavy atom. The van der Waals surface area contributed by atoms with Gasteiger partial charge in [0.15, 0.2) is 0 Å². The Morgan fingerprint density at radius 2 is 1.88 bits per heavy atom. The Bertz CT molecular complexity index is 1070. The Morgan fingerprint density at radius 1 is 1.04 bits per heavy atom. The molecule has 0 saturated heterocycles. The minimum atomic E-state index is 0.447. The molecular formula is C19H18N6O. The Hall–Kier alpha value is -3.35. The van der Waals surface area contributed by atoms with Gasteiger partial charge in [-0.1, -0.05) is 18.2 Å². The van der Waals surface area contributed by atoms with E-state index < -0.39 is 0 Å². The van der Waals surface area contributed by atoms with Crippen molar-refractivity contribution in [2.24, 2.45) is 0 Å². The molecule has 0 unspecified atom stereocenters. The van der Waals surface area contributed by atoms with Gasteiger partial charge in [0.25, 0.3) is 0 Å². The lowest BCUT2D eigenvalue weighted by Gasteiger charge is -2.07. The monoisotopic (exact) mass is 346 g/mol. The van der Waals surface area contributed by atoms with Crippen molar-refractivity contribution in [3.8, 4) is 22.5 Å². The van der Waals surface area contributed by atoms with Gasteiger partial charge in [-0.15, -0.1) is 10.2 Å². The molecule has 1 aromatic carbocycles. The number of hydrogen-bond donors (Lipinski definition) is 0. The molecule has 0 N–H and O–H groups in total. The molecule has 4 rings (SSSR count). The van der Waals surface area contributed by atoms with Gasteiger partial charge in [-0.2, -0.15) is 5.10 Å². The molecule has 130 valence electrons. The van der Waals surface area contributed by atoms with Crippen molar-refractivity contribution in [1.29, 1.82) is 0 Å². The SMILES string of the molecule is Cc1cnc(C)c(-c2cccc(-c3ccn(Cc4nnc(C)o4)n3)c2)n1. The zero-order valence-corrected chi connectivity index (χ0v) is 14.8. The Balaban J connectivity index is 1.64. The molecule has 0 fully saturated rings. The van der Waals surface area contributed by atoms with Crippen molar-refractivity contribution in [2.45, 2.75) is 27.3 Å². The van der Waals surface area contributed by atoms with Crippen molar-refractivity contribution in [1.82, 2.24) is 29.9 Å². The van der Waals surface area contributed by atoms with E-state index in [-0.39, 0.29) is 0 Å². The van der Waals surface area contributed by atoms with Gasteiger partial charge >= 0.3 is 0 Å². The van der Waals surface area contributed by atoms with E-state index in [1.54, 1.807) is 17.8 Å². The highest BCUT2D eigenvalue weighted by Crippen LogP contribution is 2.26. The maximum absolute atomic E-state index is 5.41. The molecule has 0 amide bonds. The van der Waals surface area contributed by atoms with E-state index in [0.29, 0.717) is 18.3 Å². The highest BCUT2D eigenvalue weighted by atomic mass is 16.4. The van der Waals surface area contributed by atoms with Gasteiger partial charge in [0.2, 0.25) is 11.8 Å². The van der Waals surface area contributed by atoms with Crippen LogP contribution in [0.2, 0.25) is 0 Å². The van der Waals surface area contributed by atoms with E-state index in [1.807, 2.05) is 44.3 Å². The third kappa shape index (κ3) is 3.23. The van der Waals surface area contributed by atoms with Gasteiger partial charge < -0.3 is 4.42 Å². The van der Waals surface area contributed by atoms with Crippen LogP contribution in [0.5, 0.6) is 0 Å². The second kappa shape index (κ2) is 6.51. The fourth-order valence-corrected chi connectivity index (χ4v) is 2.78. The van der Waals surface area contributed by atoms with Crippen LogP contribution >= 0.6 is 0 Å². The van der Waals surface area contributed by atoms with Crippen LogP contribution in [-0.2, 0) is 6.54 Å². The Kier molecular flexibility index (Phi) is 4.04. The summed E-state index contributed by atoms with van der Waals surface area (Å²) in [6.45, 7) is 6.13. The third-order valence-electron chi connectivity index (χ3n) is 4.01. The average molecular weight is 346 g/mol. The van der Waals surface area contributed by atoms with Gasteiger partial charge in [0, 0.05) is 30.4 Å². The quantitative estimate of drug-likeness (QED) is 0.563. The normalized spacial score (nSPS) is 11.0. The molecule has 0 aliphatic heterocycles. The van der Waals surface area contributed by atoms with Crippen LogP contribution in [0.3, 0.4) is 0 Å². The third-order valence-corrected chi connectivity index (χ3v) is 4.01. The summed E-state index contributed by atoms with van der Waals surface area (Å²) < 4.78 is 7.19. The molecule has 7 heteroatoms. The standard InChI is InChI=1S/C19H18N6O/c1-12-10-20-13(2)19(21-12)16-6-4-5-15(9-16)17-7-8-25(24-17)11-18-23-22-14(3)26-18/h4-10H,11H2,1-3H3. The zero-order valence-electron chi connectivity index (χ0n) is 14.8. The van der Waals surface area contributed by atoms with Crippen LogP contribution in [0.4, 0.5) is 0 Å². The van der Waals surface area contributed by atoms with E-state index in [1.165, 1.54) is 0 Å². The molecule has 3 aromatic heterocycles. The number of benzene rings is 1. The number of aromatic nitrogens is 6. The van der Waals surface area contributed by atoms with Crippen LogP contribution in [0, 0.1) is 20.8 Å². The number of hydrogen-bond acceptors (Lipinski definition) is 6. The maximum Gasteiger partial charge on any atom is 0.237 e. The van der Waals surface area contributed by atoms with E-state index >= 15 is 0 Å². The van der Waals surface area contributed by atoms with Crippen LogP contribution in [0.1, 0.15) is 23.2 Å². The average Bonchev–Trinajstić information content (AvgIpc) is 3.27. The lowest BCUT2D eigenvalue weighted by Crippen LogP contribution is -2.00. The maximum atomic E-state index is 5.41. The molecule has 26 heavy (non-hydrogen) atoms. The molecule has 4 aromatic rings. The zero-order chi connectivity index (χ0) is 18.1. The van der Waals surface area contributed by atoms with Crippen LogP contribution in [0.25, 0.3) is 22.5 Å². The second-order valence-corrected chi connectivity index (χ2v) is 6.14. The van der Waals surface area contributed by atoms with Crippen molar-refractivity contribution in [3.05, 3.63) is 65.9 Å².